The molecule has 0 aliphatic rings. The lowest BCUT2D eigenvalue weighted by molar-refractivity contribution is 1.16. The quantitative estimate of drug-likeness (QED) is 0.437. The van der Waals surface area contributed by atoms with Gasteiger partial charge < -0.3 is 0 Å². The summed E-state index contributed by atoms with van der Waals surface area (Å²) in [6.07, 6.45) is 1.79. The Morgan fingerprint density at radius 2 is 2.00 bits per heavy atom. The van der Waals surface area contributed by atoms with Crippen LogP contribution in [0.4, 0.5) is 0 Å². The summed E-state index contributed by atoms with van der Waals surface area (Å²) in [6, 6.07) is 0. The van der Waals surface area contributed by atoms with E-state index in [9.17, 15) is 0 Å². The fourth-order valence-corrected chi connectivity index (χ4v) is 0.302. The van der Waals surface area contributed by atoms with Gasteiger partial charge in [0.25, 0.3) is 0 Å². The molecule has 0 rings (SSSR count). The van der Waals surface area contributed by atoms with Gasteiger partial charge in [0, 0.05) is 12.3 Å². The molecule has 0 bridgehead atoms. The normalized spacial score (nSPS) is 8.50. The molecule has 0 aliphatic heterocycles. The highest BCUT2D eigenvalue weighted by Gasteiger charge is 1.65. The van der Waals surface area contributed by atoms with E-state index in [1.54, 1.807) is 6.21 Å². The van der Waals surface area contributed by atoms with Crippen molar-refractivity contribution in [3.63, 3.8) is 0 Å². The van der Waals surface area contributed by atoms with Crippen molar-refractivity contribution < 1.29 is 0 Å². The van der Waals surface area contributed by atoms with Gasteiger partial charge in [-0.2, -0.15) is 12.6 Å². The van der Waals surface area contributed by atoms with Crippen LogP contribution in [0.15, 0.2) is 4.99 Å². The molecular weight excluding hydrogens is 118 g/mol. The van der Waals surface area contributed by atoms with Gasteiger partial charge in [0.2, 0.25) is 0 Å². The van der Waals surface area contributed by atoms with Gasteiger partial charge in [-0.05, 0) is 13.1 Å². The Bertz CT molecular complexity index is 43.8. The van der Waals surface area contributed by atoms with Crippen molar-refractivity contribution in [2.24, 2.45) is 4.99 Å². The number of aliphatic imine (C=N–C) groups is 1. The van der Waals surface area contributed by atoms with Gasteiger partial charge >= 0.3 is 0 Å². The van der Waals surface area contributed by atoms with Crippen LogP contribution in [0.2, 0.25) is 0 Å². The molecule has 8 heavy (non-hydrogen) atoms. The summed E-state index contributed by atoms with van der Waals surface area (Å²) in [5.74, 6) is 0.852. The fraction of sp³-hybridized carbons (Fsp3) is 0.833. The number of thiol groups is 1. The van der Waals surface area contributed by atoms with Crippen LogP contribution in [0.5, 0.6) is 0 Å². The van der Waals surface area contributed by atoms with Gasteiger partial charge in [-0.25, -0.2) is 0 Å². The number of hydrogen-bond donors (Lipinski definition) is 1. The third-order valence-electron chi connectivity index (χ3n) is 0.412. The van der Waals surface area contributed by atoms with Gasteiger partial charge in [-0.1, -0.05) is 13.8 Å². The second-order valence-electron chi connectivity index (χ2n) is 0.888. The molecule has 0 saturated carbocycles. The van der Waals surface area contributed by atoms with Crippen molar-refractivity contribution in [3.05, 3.63) is 0 Å². The predicted octanol–water partition coefficient (Wildman–Crippen LogP) is 2.03. The fourth-order valence-electron chi connectivity index (χ4n) is 0.187. The van der Waals surface area contributed by atoms with E-state index in [1.807, 2.05) is 20.8 Å². The molecule has 0 fully saturated rings. The van der Waals surface area contributed by atoms with Gasteiger partial charge in [-0.3, -0.25) is 4.99 Å². The molecule has 2 heteroatoms. The molecule has 0 radical (unpaired) electrons. The van der Waals surface area contributed by atoms with Crippen LogP contribution in [0.3, 0.4) is 0 Å². The van der Waals surface area contributed by atoms with Crippen LogP contribution >= 0.6 is 12.6 Å². The molecule has 50 valence electrons. The Balaban J connectivity index is 0. The molecule has 0 aromatic heterocycles. The van der Waals surface area contributed by atoms with E-state index in [-0.39, 0.29) is 0 Å². The topological polar surface area (TPSA) is 12.4 Å². The second kappa shape index (κ2) is 15.7. The van der Waals surface area contributed by atoms with E-state index in [4.69, 9.17) is 0 Å². The highest BCUT2D eigenvalue weighted by atomic mass is 32.1. The molecule has 0 saturated heterocycles. The third-order valence-corrected chi connectivity index (χ3v) is 0.612. The summed E-state index contributed by atoms with van der Waals surface area (Å²) in [4.78, 5) is 3.89. The Labute approximate surface area is 57.6 Å². The zero-order chi connectivity index (χ0) is 6.83. The van der Waals surface area contributed by atoms with E-state index in [1.165, 1.54) is 0 Å². The average molecular weight is 133 g/mol. The maximum atomic E-state index is 3.94. The van der Waals surface area contributed by atoms with Crippen LogP contribution < -0.4 is 0 Å². The lowest BCUT2D eigenvalue weighted by Crippen LogP contribution is -1.77. The first-order valence-corrected chi connectivity index (χ1v) is 3.60. The van der Waals surface area contributed by atoms with E-state index in [0.717, 1.165) is 12.3 Å². The van der Waals surface area contributed by atoms with Gasteiger partial charge in [0.1, 0.15) is 0 Å². The van der Waals surface area contributed by atoms with Gasteiger partial charge in [0.15, 0.2) is 0 Å². The van der Waals surface area contributed by atoms with Crippen LogP contribution in [-0.2, 0) is 0 Å². The van der Waals surface area contributed by atoms with E-state index >= 15 is 0 Å². The lowest BCUT2D eigenvalue weighted by Gasteiger charge is -1.77. The van der Waals surface area contributed by atoms with Crippen molar-refractivity contribution in [2.75, 3.05) is 12.3 Å². The summed E-state index contributed by atoms with van der Waals surface area (Å²) in [5, 5.41) is 0. The highest BCUT2D eigenvalue weighted by Crippen LogP contribution is 1.71. The van der Waals surface area contributed by atoms with Crippen LogP contribution in [-0.4, -0.2) is 18.5 Å². The van der Waals surface area contributed by atoms with Crippen molar-refractivity contribution >= 4 is 18.8 Å². The summed E-state index contributed by atoms with van der Waals surface area (Å²) in [5.41, 5.74) is 0. The highest BCUT2D eigenvalue weighted by molar-refractivity contribution is 7.80. The Kier molecular flexibility index (Phi) is 21.5. The first-order chi connectivity index (χ1) is 3.91. The molecular formula is C6H15NS. The molecule has 0 amide bonds. The zero-order valence-corrected chi connectivity index (χ0v) is 6.78. The van der Waals surface area contributed by atoms with Crippen molar-refractivity contribution in [1.29, 1.82) is 0 Å². The number of nitrogens with zero attached hydrogens (tertiary/aromatic N) is 1. The van der Waals surface area contributed by atoms with Crippen molar-refractivity contribution in [3.8, 4) is 0 Å². The van der Waals surface area contributed by atoms with E-state index in [0.29, 0.717) is 0 Å². The molecule has 0 aromatic rings. The zero-order valence-electron chi connectivity index (χ0n) is 5.89. The minimum absolute atomic E-state index is 0.847. The molecule has 0 spiro atoms. The SMILES string of the molecule is CC.CC=NCCS. The maximum Gasteiger partial charge on any atom is 0.0473 e. The Hall–Kier alpha value is 0.0200. The first kappa shape index (κ1) is 10.9. The van der Waals surface area contributed by atoms with Crippen molar-refractivity contribution in [1.82, 2.24) is 0 Å². The van der Waals surface area contributed by atoms with Gasteiger partial charge in [-0.15, -0.1) is 0 Å². The largest absolute Gasteiger partial charge is 0.297 e. The lowest BCUT2D eigenvalue weighted by atomic mass is 10.7. The van der Waals surface area contributed by atoms with Crippen LogP contribution in [0.1, 0.15) is 20.8 Å². The minimum Gasteiger partial charge on any atom is -0.297 e. The minimum atomic E-state index is 0.847. The Morgan fingerprint density at radius 1 is 1.50 bits per heavy atom. The molecule has 0 aliphatic carbocycles. The summed E-state index contributed by atoms with van der Waals surface area (Å²) >= 11 is 3.94. The van der Waals surface area contributed by atoms with E-state index in [2.05, 4.69) is 17.6 Å². The van der Waals surface area contributed by atoms with Crippen LogP contribution in [0.25, 0.3) is 0 Å². The molecule has 0 N–H and O–H groups in total. The average Bonchev–Trinajstić information content (AvgIpc) is 1.88. The third kappa shape index (κ3) is 16.6. The number of hydrogen-bond acceptors (Lipinski definition) is 2. The molecule has 0 atom stereocenters. The summed E-state index contributed by atoms with van der Waals surface area (Å²) < 4.78 is 0. The predicted molar refractivity (Wildman–Crippen MR) is 44.2 cm³/mol. The molecule has 0 aromatic carbocycles. The molecule has 0 heterocycles. The summed E-state index contributed by atoms with van der Waals surface area (Å²) in [7, 11) is 0. The number of rotatable bonds is 2. The smallest absolute Gasteiger partial charge is 0.0473 e. The molecule has 0 unspecified atom stereocenters. The monoisotopic (exact) mass is 133 g/mol. The standard InChI is InChI=1S/C4H9NS.C2H6/c1-2-5-3-4-6;1-2/h2,6H,3-4H2,1H3;1-2H3. The van der Waals surface area contributed by atoms with Gasteiger partial charge in [0.05, 0.1) is 0 Å². The Morgan fingerprint density at radius 3 is 2.12 bits per heavy atom. The summed E-state index contributed by atoms with van der Waals surface area (Å²) in [6.45, 7) is 6.75. The van der Waals surface area contributed by atoms with Crippen LogP contribution in [0, 0.1) is 0 Å². The molecule has 1 nitrogen and oxygen atoms in total. The van der Waals surface area contributed by atoms with Crippen molar-refractivity contribution in [2.45, 2.75) is 20.8 Å². The van der Waals surface area contributed by atoms with E-state index < -0.39 is 0 Å². The maximum absolute atomic E-state index is 3.94. The first-order valence-electron chi connectivity index (χ1n) is 2.97. The second-order valence-corrected chi connectivity index (χ2v) is 1.34.